The Labute approximate surface area is 127 Å². The Balaban J connectivity index is 1.74. The van der Waals surface area contributed by atoms with Crippen LogP contribution in [0.25, 0.3) is 0 Å². The summed E-state index contributed by atoms with van der Waals surface area (Å²) in [4.78, 5) is 11.8. The van der Waals surface area contributed by atoms with Gasteiger partial charge in [0.05, 0.1) is 28.5 Å². The minimum atomic E-state index is -0.124. The fourth-order valence-corrected chi connectivity index (χ4v) is 1.99. The molecule has 20 heavy (non-hydrogen) atoms. The van der Waals surface area contributed by atoms with E-state index in [4.69, 9.17) is 27.6 Å². The molecule has 0 saturated heterocycles. The van der Waals surface area contributed by atoms with E-state index in [1.54, 1.807) is 24.5 Å². The molecule has 0 atom stereocenters. The summed E-state index contributed by atoms with van der Waals surface area (Å²) in [5, 5.41) is 6.61. The third-order valence-electron chi connectivity index (χ3n) is 2.63. The fraction of sp³-hybridized carbons (Fsp3) is 0.214. The first-order valence-electron chi connectivity index (χ1n) is 6.14. The van der Waals surface area contributed by atoms with Crippen molar-refractivity contribution in [3.8, 4) is 0 Å². The van der Waals surface area contributed by atoms with Crippen LogP contribution in [0.1, 0.15) is 12.2 Å². The second kappa shape index (κ2) is 7.33. The number of carbonyl (C=O) groups excluding carboxylic acids is 1. The molecule has 1 aromatic carbocycles. The molecule has 0 unspecified atom stereocenters. The predicted molar refractivity (Wildman–Crippen MR) is 80.1 cm³/mol. The third kappa shape index (κ3) is 4.27. The van der Waals surface area contributed by atoms with Gasteiger partial charge in [-0.1, -0.05) is 29.3 Å². The van der Waals surface area contributed by atoms with Crippen LogP contribution >= 0.6 is 23.2 Å². The van der Waals surface area contributed by atoms with E-state index in [2.05, 4.69) is 10.6 Å². The smallest absolute Gasteiger partial charge is 0.225 e. The number of halogens is 2. The van der Waals surface area contributed by atoms with Gasteiger partial charge in [-0.3, -0.25) is 4.79 Å². The third-order valence-corrected chi connectivity index (χ3v) is 3.45. The van der Waals surface area contributed by atoms with Gasteiger partial charge in [0.1, 0.15) is 5.76 Å². The largest absolute Gasteiger partial charge is 0.468 e. The minimum absolute atomic E-state index is 0.124. The maximum atomic E-state index is 11.8. The molecule has 2 aromatic rings. The van der Waals surface area contributed by atoms with E-state index < -0.39 is 0 Å². The van der Waals surface area contributed by atoms with E-state index >= 15 is 0 Å². The maximum Gasteiger partial charge on any atom is 0.225 e. The van der Waals surface area contributed by atoms with Crippen LogP contribution in [0.5, 0.6) is 0 Å². The zero-order valence-electron chi connectivity index (χ0n) is 10.7. The second-order valence-electron chi connectivity index (χ2n) is 4.16. The first-order chi connectivity index (χ1) is 9.66. The lowest BCUT2D eigenvalue weighted by Gasteiger charge is -2.08. The van der Waals surface area contributed by atoms with Gasteiger partial charge in [0, 0.05) is 13.0 Å². The average Bonchev–Trinajstić information content (AvgIpc) is 2.93. The molecule has 1 heterocycles. The second-order valence-corrected chi connectivity index (χ2v) is 4.94. The van der Waals surface area contributed by atoms with Gasteiger partial charge >= 0.3 is 0 Å². The summed E-state index contributed by atoms with van der Waals surface area (Å²) in [5.74, 6) is 0.712. The molecular formula is C14H14Cl2N2O2. The van der Waals surface area contributed by atoms with Crippen LogP contribution in [0, 0.1) is 0 Å². The number of benzene rings is 1. The summed E-state index contributed by atoms with van der Waals surface area (Å²) in [7, 11) is 0. The number of rotatable bonds is 6. The first kappa shape index (κ1) is 14.9. The van der Waals surface area contributed by atoms with Gasteiger partial charge in [-0.05, 0) is 24.3 Å². The normalized spacial score (nSPS) is 10.5. The van der Waals surface area contributed by atoms with Crippen LogP contribution in [0.15, 0.2) is 41.0 Å². The van der Waals surface area contributed by atoms with Crippen molar-refractivity contribution in [3.05, 3.63) is 52.4 Å². The van der Waals surface area contributed by atoms with Crippen molar-refractivity contribution in [2.75, 3.05) is 11.9 Å². The highest BCUT2D eigenvalue weighted by Crippen LogP contribution is 2.29. The number of carbonyl (C=O) groups is 1. The summed E-state index contributed by atoms with van der Waals surface area (Å²) >= 11 is 11.9. The standard InChI is InChI=1S/C14H14Cl2N2O2/c15-11-4-1-5-12(14(11)16)18-13(19)6-7-17-9-10-3-2-8-20-10/h1-5,8,17H,6-7,9H2,(H,18,19). The quantitative estimate of drug-likeness (QED) is 0.800. The molecule has 0 aliphatic carbocycles. The van der Waals surface area contributed by atoms with Crippen molar-refractivity contribution >= 4 is 34.8 Å². The maximum absolute atomic E-state index is 11.8. The van der Waals surface area contributed by atoms with E-state index in [0.29, 0.717) is 35.2 Å². The Hall–Kier alpha value is -1.49. The highest BCUT2D eigenvalue weighted by Gasteiger charge is 2.08. The Morgan fingerprint density at radius 1 is 1.20 bits per heavy atom. The molecule has 1 aromatic heterocycles. The van der Waals surface area contributed by atoms with Crippen LogP contribution < -0.4 is 10.6 Å². The molecule has 0 aliphatic heterocycles. The summed E-state index contributed by atoms with van der Waals surface area (Å²) in [6.45, 7) is 1.14. The summed E-state index contributed by atoms with van der Waals surface area (Å²) in [6.07, 6.45) is 1.95. The van der Waals surface area contributed by atoms with Crippen molar-refractivity contribution in [1.29, 1.82) is 0 Å². The van der Waals surface area contributed by atoms with E-state index in [1.807, 2.05) is 12.1 Å². The first-order valence-corrected chi connectivity index (χ1v) is 6.89. The lowest BCUT2D eigenvalue weighted by molar-refractivity contribution is -0.116. The molecule has 0 aliphatic rings. The number of hydrogen-bond acceptors (Lipinski definition) is 3. The molecule has 4 nitrogen and oxygen atoms in total. The minimum Gasteiger partial charge on any atom is -0.468 e. The summed E-state index contributed by atoms with van der Waals surface area (Å²) in [6, 6.07) is 8.81. The van der Waals surface area contributed by atoms with E-state index in [0.717, 1.165) is 5.76 Å². The average molecular weight is 313 g/mol. The van der Waals surface area contributed by atoms with Crippen molar-refractivity contribution in [1.82, 2.24) is 5.32 Å². The highest BCUT2D eigenvalue weighted by molar-refractivity contribution is 6.43. The van der Waals surface area contributed by atoms with E-state index in [-0.39, 0.29) is 5.91 Å². The SMILES string of the molecule is O=C(CCNCc1ccco1)Nc1cccc(Cl)c1Cl. The molecule has 2 N–H and O–H groups in total. The van der Waals surface area contributed by atoms with Gasteiger partial charge in [-0.2, -0.15) is 0 Å². The molecule has 0 radical (unpaired) electrons. The molecular weight excluding hydrogens is 299 g/mol. The number of nitrogens with one attached hydrogen (secondary N) is 2. The number of anilines is 1. The van der Waals surface area contributed by atoms with Crippen LogP contribution in [0.4, 0.5) is 5.69 Å². The summed E-state index contributed by atoms with van der Waals surface area (Å²) < 4.78 is 5.17. The summed E-state index contributed by atoms with van der Waals surface area (Å²) in [5.41, 5.74) is 0.523. The molecule has 6 heteroatoms. The van der Waals surface area contributed by atoms with Crippen molar-refractivity contribution in [2.45, 2.75) is 13.0 Å². The molecule has 1 amide bonds. The topological polar surface area (TPSA) is 54.3 Å². The van der Waals surface area contributed by atoms with Gasteiger partial charge in [0.15, 0.2) is 0 Å². The predicted octanol–water partition coefficient (Wildman–Crippen LogP) is 3.70. The van der Waals surface area contributed by atoms with Gasteiger partial charge in [-0.15, -0.1) is 0 Å². The van der Waals surface area contributed by atoms with Crippen molar-refractivity contribution < 1.29 is 9.21 Å². The monoisotopic (exact) mass is 312 g/mol. The van der Waals surface area contributed by atoms with Gasteiger partial charge in [0.25, 0.3) is 0 Å². The molecule has 2 rings (SSSR count). The molecule has 0 bridgehead atoms. The van der Waals surface area contributed by atoms with Crippen LogP contribution in [0.3, 0.4) is 0 Å². The Morgan fingerprint density at radius 2 is 2.05 bits per heavy atom. The molecule has 0 spiro atoms. The van der Waals surface area contributed by atoms with Crippen LogP contribution in [-0.4, -0.2) is 12.5 Å². The highest BCUT2D eigenvalue weighted by atomic mass is 35.5. The Bertz CT molecular complexity index is 571. The fourth-order valence-electron chi connectivity index (χ4n) is 1.64. The molecule has 0 saturated carbocycles. The van der Waals surface area contributed by atoms with Crippen molar-refractivity contribution in [3.63, 3.8) is 0 Å². The molecule has 0 fully saturated rings. The van der Waals surface area contributed by atoms with E-state index in [1.165, 1.54) is 0 Å². The Kier molecular flexibility index (Phi) is 5.47. The van der Waals surface area contributed by atoms with E-state index in [9.17, 15) is 4.79 Å². The zero-order chi connectivity index (χ0) is 14.4. The van der Waals surface area contributed by atoms with Gasteiger partial charge in [-0.25, -0.2) is 0 Å². The lowest BCUT2D eigenvalue weighted by Crippen LogP contribution is -2.21. The van der Waals surface area contributed by atoms with Crippen molar-refractivity contribution in [2.24, 2.45) is 0 Å². The number of hydrogen-bond donors (Lipinski definition) is 2. The molecule has 106 valence electrons. The van der Waals surface area contributed by atoms with Gasteiger partial charge < -0.3 is 15.1 Å². The lowest BCUT2D eigenvalue weighted by atomic mass is 10.3. The van der Waals surface area contributed by atoms with Gasteiger partial charge in [0.2, 0.25) is 5.91 Å². The van der Waals surface area contributed by atoms with Crippen LogP contribution in [-0.2, 0) is 11.3 Å². The van der Waals surface area contributed by atoms with Crippen LogP contribution in [0.2, 0.25) is 10.0 Å². The Morgan fingerprint density at radius 3 is 2.80 bits per heavy atom. The zero-order valence-corrected chi connectivity index (χ0v) is 12.2. The number of furan rings is 1. The number of amides is 1.